The molecule has 1 aliphatic rings. The fourth-order valence-electron chi connectivity index (χ4n) is 2.62. The van der Waals surface area contributed by atoms with Crippen molar-refractivity contribution in [2.75, 3.05) is 46.9 Å². The van der Waals surface area contributed by atoms with Gasteiger partial charge in [-0.3, -0.25) is 0 Å². The summed E-state index contributed by atoms with van der Waals surface area (Å²) >= 11 is 0. The molecule has 1 aromatic rings. The highest BCUT2D eigenvalue weighted by molar-refractivity contribution is 7.87. The summed E-state index contributed by atoms with van der Waals surface area (Å²) in [7, 11) is -0.146. The quantitative estimate of drug-likeness (QED) is 0.801. The van der Waals surface area contributed by atoms with Crippen LogP contribution in [0, 0.1) is 0 Å². The Labute approximate surface area is 133 Å². The van der Waals surface area contributed by atoms with Crippen LogP contribution in [0.5, 0.6) is 5.75 Å². The maximum Gasteiger partial charge on any atom is 0.279 e. The van der Waals surface area contributed by atoms with Crippen molar-refractivity contribution in [2.45, 2.75) is 12.8 Å². The largest absolute Gasteiger partial charge is 0.497 e. The molecular weight excluding hydrogens is 302 g/mol. The molecule has 0 unspecified atom stereocenters. The van der Waals surface area contributed by atoms with Crippen molar-refractivity contribution < 1.29 is 13.2 Å². The van der Waals surface area contributed by atoms with Gasteiger partial charge in [0.1, 0.15) is 5.75 Å². The van der Waals surface area contributed by atoms with E-state index in [2.05, 4.69) is 21.8 Å². The Balaban J connectivity index is 1.70. The van der Waals surface area contributed by atoms with Gasteiger partial charge in [0.15, 0.2) is 0 Å². The summed E-state index contributed by atoms with van der Waals surface area (Å²) in [6.07, 6.45) is 2.10. The zero-order valence-corrected chi connectivity index (χ0v) is 14.1. The number of piperazine rings is 1. The van der Waals surface area contributed by atoms with E-state index in [4.69, 9.17) is 4.74 Å². The summed E-state index contributed by atoms with van der Waals surface area (Å²) < 4.78 is 32.4. The monoisotopic (exact) mass is 327 g/mol. The van der Waals surface area contributed by atoms with Crippen LogP contribution < -0.4 is 9.46 Å². The summed E-state index contributed by atoms with van der Waals surface area (Å²) in [5.74, 6) is 0.880. The number of hydrogen-bond acceptors (Lipinski definition) is 4. The Morgan fingerprint density at radius 3 is 2.32 bits per heavy atom. The van der Waals surface area contributed by atoms with Crippen LogP contribution in [0.25, 0.3) is 0 Å². The molecule has 7 heteroatoms. The van der Waals surface area contributed by atoms with Gasteiger partial charge in [-0.15, -0.1) is 0 Å². The van der Waals surface area contributed by atoms with Gasteiger partial charge in [-0.1, -0.05) is 12.1 Å². The molecule has 1 saturated heterocycles. The molecule has 2 rings (SSSR count). The van der Waals surface area contributed by atoms with Crippen molar-refractivity contribution in [1.82, 2.24) is 13.9 Å². The molecule has 0 bridgehead atoms. The van der Waals surface area contributed by atoms with Crippen LogP contribution in [0.15, 0.2) is 24.3 Å². The zero-order chi connectivity index (χ0) is 16.0. The van der Waals surface area contributed by atoms with Crippen LogP contribution in [-0.4, -0.2) is 64.5 Å². The van der Waals surface area contributed by atoms with Crippen molar-refractivity contribution in [2.24, 2.45) is 0 Å². The second-order valence-corrected chi connectivity index (χ2v) is 7.28. The van der Waals surface area contributed by atoms with Crippen molar-refractivity contribution >= 4 is 10.2 Å². The number of aryl methyl sites for hydroxylation is 1. The van der Waals surface area contributed by atoms with Crippen molar-refractivity contribution in [1.29, 1.82) is 0 Å². The van der Waals surface area contributed by atoms with E-state index in [1.807, 2.05) is 12.1 Å². The third kappa shape index (κ3) is 4.67. The van der Waals surface area contributed by atoms with Gasteiger partial charge in [0.25, 0.3) is 10.2 Å². The molecule has 0 aromatic heterocycles. The highest BCUT2D eigenvalue weighted by Gasteiger charge is 2.25. The van der Waals surface area contributed by atoms with Gasteiger partial charge in [0, 0.05) is 33.2 Å². The summed E-state index contributed by atoms with van der Waals surface area (Å²) in [6, 6.07) is 8.15. The highest BCUT2D eigenvalue weighted by atomic mass is 32.2. The smallest absolute Gasteiger partial charge is 0.279 e. The highest BCUT2D eigenvalue weighted by Crippen LogP contribution is 2.13. The van der Waals surface area contributed by atoms with E-state index in [0.717, 1.165) is 38.2 Å². The first-order chi connectivity index (χ1) is 10.5. The fourth-order valence-corrected chi connectivity index (χ4v) is 3.52. The van der Waals surface area contributed by atoms with Gasteiger partial charge in [-0.2, -0.15) is 12.7 Å². The third-order valence-electron chi connectivity index (χ3n) is 4.03. The van der Waals surface area contributed by atoms with Crippen molar-refractivity contribution in [3.63, 3.8) is 0 Å². The van der Waals surface area contributed by atoms with E-state index in [-0.39, 0.29) is 0 Å². The van der Waals surface area contributed by atoms with E-state index in [0.29, 0.717) is 13.1 Å². The molecule has 1 aromatic carbocycles. The zero-order valence-electron chi connectivity index (χ0n) is 13.3. The SMILES string of the molecule is CNS(=O)(=O)N1CCN(CCCc2ccc(OC)cc2)CC1. The van der Waals surface area contributed by atoms with Gasteiger partial charge in [0.2, 0.25) is 0 Å². The molecule has 0 atom stereocenters. The number of methoxy groups -OCH3 is 1. The lowest BCUT2D eigenvalue weighted by atomic mass is 10.1. The van der Waals surface area contributed by atoms with E-state index in [9.17, 15) is 8.42 Å². The van der Waals surface area contributed by atoms with E-state index >= 15 is 0 Å². The molecule has 1 heterocycles. The Kier molecular flexibility index (Phi) is 6.19. The van der Waals surface area contributed by atoms with Gasteiger partial charge in [-0.25, -0.2) is 4.72 Å². The number of rotatable bonds is 7. The normalized spacial score (nSPS) is 17.5. The molecular formula is C15H25N3O3S. The molecule has 0 saturated carbocycles. The molecule has 0 amide bonds. The lowest BCUT2D eigenvalue weighted by Crippen LogP contribution is -2.51. The minimum Gasteiger partial charge on any atom is -0.497 e. The second kappa shape index (κ2) is 7.92. The number of ether oxygens (including phenoxy) is 1. The Hall–Kier alpha value is -1.15. The average molecular weight is 327 g/mol. The summed E-state index contributed by atoms with van der Waals surface area (Å²) in [5, 5.41) is 0. The topological polar surface area (TPSA) is 61.9 Å². The summed E-state index contributed by atoms with van der Waals surface area (Å²) in [4.78, 5) is 2.32. The first kappa shape index (κ1) is 17.2. The predicted octanol–water partition coefficient (Wildman–Crippen LogP) is 0.710. The molecule has 1 N–H and O–H groups in total. The lowest BCUT2D eigenvalue weighted by molar-refractivity contribution is 0.186. The van der Waals surface area contributed by atoms with Gasteiger partial charge in [-0.05, 0) is 37.1 Å². The molecule has 0 aliphatic carbocycles. The first-order valence-corrected chi connectivity index (χ1v) is 9.03. The molecule has 1 fully saturated rings. The van der Waals surface area contributed by atoms with E-state index in [1.54, 1.807) is 7.11 Å². The average Bonchev–Trinajstić information content (AvgIpc) is 2.56. The minimum atomic E-state index is -3.27. The Morgan fingerprint density at radius 1 is 1.14 bits per heavy atom. The molecule has 124 valence electrons. The van der Waals surface area contributed by atoms with Gasteiger partial charge in [0.05, 0.1) is 7.11 Å². The summed E-state index contributed by atoms with van der Waals surface area (Å²) in [6.45, 7) is 3.71. The molecule has 0 spiro atoms. The van der Waals surface area contributed by atoms with Crippen LogP contribution in [0.4, 0.5) is 0 Å². The predicted molar refractivity (Wildman–Crippen MR) is 87.3 cm³/mol. The number of nitrogens with one attached hydrogen (secondary N) is 1. The van der Waals surface area contributed by atoms with Crippen LogP contribution in [0.2, 0.25) is 0 Å². The molecule has 22 heavy (non-hydrogen) atoms. The van der Waals surface area contributed by atoms with Crippen LogP contribution in [0.1, 0.15) is 12.0 Å². The molecule has 1 aliphatic heterocycles. The maximum absolute atomic E-state index is 11.7. The van der Waals surface area contributed by atoms with Crippen molar-refractivity contribution in [3.8, 4) is 5.75 Å². The molecule has 6 nitrogen and oxygen atoms in total. The number of nitrogens with zero attached hydrogens (tertiary/aromatic N) is 2. The number of hydrogen-bond donors (Lipinski definition) is 1. The van der Waals surface area contributed by atoms with Crippen LogP contribution in [-0.2, 0) is 16.6 Å². The van der Waals surface area contributed by atoms with E-state index in [1.165, 1.54) is 16.9 Å². The van der Waals surface area contributed by atoms with E-state index < -0.39 is 10.2 Å². The fraction of sp³-hybridized carbons (Fsp3) is 0.600. The van der Waals surface area contributed by atoms with Crippen molar-refractivity contribution in [3.05, 3.63) is 29.8 Å². The standard InChI is InChI=1S/C15H25N3O3S/c1-16-22(19,20)18-12-10-17(11-13-18)9-3-4-14-5-7-15(21-2)8-6-14/h5-8,16H,3-4,9-13H2,1-2H3. The van der Waals surface area contributed by atoms with Crippen LogP contribution in [0.3, 0.4) is 0 Å². The minimum absolute atomic E-state index is 0.561. The van der Waals surface area contributed by atoms with Gasteiger partial charge < -0.3 is 9.64 Å². The summed E-state index contributed by atoms with van der Waals surface area (Å²) in [5.41, 5.74) is 1.30. The number of benzene rings is 1. The maximum atomic E-state index is 11.7. The van der Waals surface area contributed by atoms with Crippen LogP contribution >= 0.6 is 0 Å². The van der Waals surface area contributed by atoms with Gasteiger partial charge >= 0.3 is 0 Å². The first-order valence-electron chi connectivity index (χ1n) is 7.59. The third-order valence-corrected chi connectivity index (χ3v) is 5.59. The Morgan fingerprint density at radius 2 is 1.77 bits per heavy atom. The Bertz CT molecular complexity index is 552. The molecule has 0 radical (unpaired) electrons. The second-order valence-electron chi connectivity index (χ2n) is 5.40. The lowest BCUT2D eigenvalue weighted by Gasteiger charge is -2.33.